The summed E-state index contributed by atoms with van der Waals surface area (Å²) in [6, 6.07) is 15.1. The first-order valence-corrected chi connectivity index (χ1v) is 9.17. The van der Waals surface area contributed by atoms with Crippen LogP contribution in [0.2, 0.25) is 0 Å². The molecule has 146 valence electrons. The van der Waals surface area contributed by atoms with Crippen LogP contribution in [-0.2, 0) is 9.59 Å². The summed E-state index contributed by atoms with van der Waals surface area (Å²) in [4.78, 5) is 37.5. The topological polar surface area (TPSA) is 87.7 Å². The van der Waals surface area contributed by atoms with Gasteiger partial charge in [-0.15, -0.1) is 0 Å². The van der Waals surface area contributed by atoms with Gasteiger partial charge in [0.05, 0.1) is 0 Å². The summed E-state index contributed by atoms with van der Waals surface area (Å²) in [5.74, 6) is 0.814. The number of imide groups is 1. The van der Waals surface area contributed by atoms with Gasteiger partial charge >= 0.3 is 6.03 Å². The van der Waals surface area contributed by atoms with Gasteiger partial charge in [-0.2, -0.15) is 0 Å². The third kappa shape index (κ3) is 4.88. The minimum atomic E-state index is -0.560. The molecule has 0 aromatic heterocycles. The maximum Gasteiger partial charge on any atom is 0.325 e. The molecule has 7 heteroatoms. The highest BCUT2D eigenvalue weighted by Gasteiger charge is 2.38. The van der Waals surface area contributed by atoms with Crippen LogP contribution in [0.15, 0.2) is 54.6 Å². The van der Waals surface area contributed by atoms with E-state index in [4.69, 9.17) is 4.74 Å². The van der Waals surface area contributed by atoms with Crippen molar-refractivity contribution >= 4 is 23.5 Å². The van der Waals surface area contributed by atoms with Crippen LogP contribution >= 0.6 is 0 Å². The first-order valence-electron chi connectivity index (χ1n) is 9.17. The summed E-state index contributed by atoms with van der Waals surface area (Å²) < 4.78 is 5.70. The van der Waals surface area contributed by atoms with Crippen LogP contribution in [0.1, 0.15) is 20.3 Å². The fourth-order valence-corrected chi connectivity index (χ4v) is 2.93. The molecule has 1 aliphatic rings. The first kappa shape index (κ1) is 19.4. The van der Waals surface area contributed by atoms with E-state index in [-0.39, 0.29) is 18.4 Å². The van der Waals surface area contributed by atoms with Crippen molar-refractivity contribution in [3.8, 4) is 11.5 Å². The van der Waals surface area contributed by atoms with Crippen LogP contribution in [0.5, 0.6) is 11.5 Å². The lowest BCUT2D eigenvalue weighted by atomic mass is 10.0. The van der Waals surface area contributed by atoms with Crippen molar-refractivity contribution in [2.75, 3.05) is 11.9 Å². The van der Waals surface area contributed by atoms with Crippen molar-refractivity contribution in [3.05, 3.63) is 54.6 Å². The smallest absolute Gasteiger partial charge is 0.325 e. The lowest BCUT2D eigenvalue weighted by Crippen LogP contribution is -2.38. The van der Waals surface area contributed by atoms with Gasteiger partial charge in [0.2, 0.25) is 5.91 Å². The van der Waals surface area contributed by atoms with Crippen LogP contribution < -0.4 is 15.4 Å². The lowest BCUT2D eigenvalue weighted by Gasteiger charge is -2.14. The Morgan fingerprint density at radius 2 is 1.71 bits per heavy atom. The summed E-state index contributed by atoms with van der Waals surface area (Å²) >= 11 is 0. The Labute approximate surface area is 163 Å². The molecule has 2 aromatic carbocycles. The molecule has 2 N–H and O–H groups in total. The Morgan fingerprint density at radius 1 is 1.07 bits per heavy atom. The normalized spacial score (nSPS) is 16.2. The molecule has 1 saturated heterocycles. The highest BCUT2D eigenvalue weighted by molar-refractivity contribution is 6.07. The standard InChI is InChI=1S/C21H23N3O4/c1-14(2)12-18-20(26)24(21(27)23-18)13-19(25)22-15-8-10-17(11-9-15)28-16-6-4-3-5-7-16/h3-11,14,18H,12-13H2,1-2H3,(H,22,25)(H,23,27)/t18-/m1/s1. The number of para-hydroxylation sites is 1. The van der Waals surface area contributed by atoms with Gasteiger partial charge in [-0.05, 0) is 48.7 Å². The molecule has 2 aromatic rings. The molecule has 0 aliphatic carbocycles. The van der Waals surface area contributed by atoms with Crippen molar-refractivity contribution in [1.29, 1.82) is 0 Å². The van der Waals surface area contributed by atoms with E-state index in [0.717, 1.165) is 4.90 Å². The zero-order valence-corrected chi connectivity index (χ0v) is 15.8. The van der Waals surface area contributed by atoms with Crippen LogP contribution in [-0.4, -0.2) is 35.3 Å². The van der Waals surface area contributed by atoms with E-state index in [0.29, 0.717) is 23.6 Å². The van der Waals surface area contributed by atoms with Crippen molar-refractivity contribution in [2.24, 2.45) is 5.92 Å². The SMILES string of the molecule is CC(C)C[C@H]1NC(=O)N(CC(=O)Nc2ccc(Oc3ccccc3)cc2)C1=O. The first-order chi connectivity index (χ1) is 13.4. The van der Waals surface area contributed by atoms with Crippen molar-refractivity contribution in [3.63, 3.8) is 0 Å². The second-order valence-corrected chi connectivity index (χ2v) is 7.04. The zero-order valence-electron chi connectivity index (χ0n) is 15.8. The van der Waals surface area contributed by atoms with Crippen LogP contribution in [0, 0.1) is 5.92 Å². The summed E-state index contributed by atoms with van der Waals surface area (Å²) in [5, 5.41) is 5.31. The molecule has 0 spiro atoms. The predicted octanol–water partition coefficient (Wildman–Crippen LogP) is 3.38. The third-order valence-electron chi connectivity index (χ3n) is 4.23. The molecule has 0 unspecified atom stereocenters. The predicted molar refractivity (Wildman–Crippen MR) is 105 cm³/mol. The quantitative estimate of drug-likeness (QED) is 0.720. The molecule has 0 bridgehead atoms. The molecule has 1 atom stereocenters. The van der Waals surface area contributed by atoms with Crippen molar-refractivity contribution in [2.45, 2.75) is 26.3 Å². The number of urea groups is 1. The molecule has 1 fully saturated rings. The molecule has 7 nitrogen and oxygen atoms in total. The molecule has 4 amide bonds. The fourth-order valence-electron chi connectivity index (χ4n) is 2.93. The third-order valence-corrected chi connectivity index (χ3v) is 4.23. The molecule has 1 aliphatic heterocycles. The highest BCUT2D eigenvalue weighted by atomic mass is 16.5. The van der Waals surface area contributed by atoms with Gasteiger partial charge in [0.1, 0.15) is 24.1 Å². The van der Waals surface area contributed by atoms with E-state index in [1.165, 1.54) is 0 Å². The van der Waals surface area contributed by atoms with Crippen LogP contribution in [0.4, 0.5) is 10.5 Å². The molecule has 28 heavy (non-hydrogen) atoms. The van der Waals surface area contributed by atoms with Gasteiger partial charge < -0.3 is 15.4 Å². The summed E-state index contributed by atoms with van der Waals surface area (Å²) in [7, 11) is 0. The zero-order chi connectivity index (χ0) is 20.1. The van der Waals surface area contributed by atoms with E-state index in [2.05, 4.69) is 10.6 Å². The second kappa shape index (κ2) is 8.56. The maximum absolute atomic E-state index is 12.3. The minimum absolute atomic E-state index is 0.264. The van der Waals surface area contributed by atoms with Gasteiger partial charge in [-0.3, -0.25) is 14.5 Å². The number of benzene rings is 2. The van der Waals surface area contributed by atoms with Gasteiger partial charge in [-0.25, -0.2) is 4.79 Å². The minimum Gasteiger partial charge on any atom is -0.457 e. The van der Waals surface area contributed by atoms with Gasteiger partial charge in [0.25, 0.3) is 5.91 Å². The molecular formula is C21H23N3O4. The van der Waals surface area contributed by atoms with E-state index in [1.54, 1.807) is 24.3 Å². The molecule has 1 heterocycles. The number of amides is 4. The Balaban J connectivity index is 1.55. The Kier molecular flexibility index (Phi) is 5.93. The van der Waals surface area contributed by atoms with Crippen molar-refractivity contribution < 1.29 is 19.1 Å². The largest absolute Gasteiger partial charge is 0.457 e. The number of nitrogens with zero attached hydrogens (tertiary/aromatic N) is 1. The van der Waals surface area contributed by atoms with Crippen LogP contribution in [0.3, 0.4) is 0 Å². The maximum atomic E-state index is 12.3. The molecule has 0 saturated carbocycles. The Morgan fingerprint density at radius 3 is 2.36 bits per heavy atom. The number of hydrogen-bond donors (Lipinski definition) is 2. The Bertz CT molecular complexity index is 850. The monoisotopic (exact) mass is 381 g/mol. The number of nitrogens with one attached hydrogen (secondary N) is 2. The van der Waals surface area contributed by atoms with E-state index < -0.39 is 18.0 Å². The number of carbonyl (C=O) groups is 3. The average molecular weight is 381 g/mol. The summed E-state index contributed by atoms with van der Waals surface area (Å²) in [6.07, 6.45) is 0.547. The number of hydrogen-bond acceptors (Lipinski definition) is 4. The van der Waals surface area contributed by atoms with Gasteiger partial charge in [0, 0.05) is 5.69 Å². The molecule has 3 rings (SSSR count). The summed E-state index contributed by atoms with van der Waals surface area (Å²) in [5.41, 5.74) is 0.552. The molecule has 0 radical (unpaired) electrons. The van der Waals surface area contributed by atoms with E-state index in [9.17, 15) is 14.4 Å². The van der Waals surface area contributed by atoms with Gasteiger partial charge in [0.15, 0.2) is 0 Å². The van der Waals surface area contributed by atoms with Crippen LogP contribution in [0.25, 0.3) is 0 Å². The van der Waals surface area contributed by atoms with E-state index in [1.807, 2.05) is 44.2 Å². The van der Waals surface area contributed by atoms with Crippen molar-refractivity contribution in [1.82, 2.24) is 10.2 Å². The Hall–Kier alpha value is -3.35. The van der Waals surface area contributed by atoms with Gasteiger partial charge in [-0.1, -0.05) is 32.0 Å². The number of carbonyl (C=O) groups excluding carboxylic acids is 3. The summed E-state index contributed by atoms with van der Waals surface area (Å²) in [6.45, 7) is 3.63. The second-order valence-electron chi connectivity index (χ2n) is 7.04. The molecular weight excluding hydrogens is 358 g/mol. The highest BCUT2D eigenvalue weighted by Crippen LogP contribution is 2.22. The number of ether oxygens (including phenoxy) is 1. The lowest BCUT2D eigenvalue weighted by molar-refractivity contribution is -0.131. The fraction of sp³-hybridized carbons (Fsp3) is 0.286. The number of anilines is 1. The number of rotatable bonds is 7. The average Bonchev–Trinajstić information content (AvgIpc) is 2.91. The van der Waals surface area contributed by atoms with E-state index >= 15 is 0 Å².